The molecule has 0 N–H and O–H groups in total. The fourth-order valence-electron chi connectivity index (χ4n) is 3.55. The number of rotatable bonds is 4. The Morgan fingerprint density at radius 3 is 2.50 bits per heavy atom. The predicted molar refractivity (Wildman–Crippen MR) is 84.5 cm³/mol. The van der Waals surface area contributed by atoms with Gasteiger partial charge in [-0.25, -0.2) is 4.79 Å². The maximum absolute atomic E-state index is 11.8. The molecule has 118 valence electrons. The van der Waals surface area contributed by atoms with Crippen LogP contribution in [0.2, 0.25) is 0 Å². The molecule has 1 aliphatic heterocycles. The van der Waals surface area contributed by atoms with Crippen LogP contribution >= 0.6 is 0 Å². The fourth-order valence-corrected chi connectivity index (χ4v) is 3.55. The van der Waals surface area contributed by atoms with Crippen LogP contribution in [0.3, 0.4) is 0 Å². The van der Waals surface area contributed by atoms with Crippen molar-refractivity contribution in [2.24, 2.45) is 0 Å². The van der Waals surface area contributed by atoms with E-state index < -0.39 is 0 Å². The number of hydrogen-bond donors (Lipinski definition) is 0. The van der Waals surface area contributed by atoms with E-state index in [0.29, 0.717) is 0 Å². The molecule has 0 bridgehead atoms. The molecule has 1 fully saturated rings. The number of carbonyl (C=O) groups excluding carboxylic acids is 1. The molecule has 4 heteroatoms. The number of esters is 1. The summed E-state index contributed by atoms with van der Waals surface area (Å²) in [6.07, 6.45) is 7.04. The zero-order valence-corrected chi connectivity index (χ0v) is 13.3. The molecule has 1 aliphatic carbocycles. The quantitative estimate of drug-likeness (QED) is 0.800. The third-order valence-electron chi connectivity index (χ3n) is 4.67. The summed E-state index contributed by atoms with van der Waals surface area (Å²) < 4.78 is 10.9. The van der Waals surface area contributed by atoms with Crippen molar-refractivity contribution in [3.63, 3.8) is 0 Å². The van der Waals surface area contributed by atoms with Crippen LogP contribution in [0, 0.1) is 0 Å². The van der Waals surface area contributed by atoms with Gasteiger partial charge in [-0.05, 0) is 43.4 Å². The molecule has 0 atom stereocenters. The second kappa shape index (κ2) is 6.03. The molecule has 0 amide bonds. The molecule has 1 spiro atoms. The standard InChI is InChI=1S/C18H23NO3/c1-19(13-14-6-8-15(21-2)9-7-14)16-12-17(20)22-18(16)10-4-3-5-11-18/h6-9,12H,3-5,10-11,13H2,1-2H3. The number of likely N-dealkylation sites (N-methyl/N-ethyl adjacent to an activating group) is 1. The molecule has 3 rings (SSSR count). The van der Waals surface area contributed by atoms with Crippen molar-refractivity contribution in [2.45, 2.75) is 44.2 Å². The van der Waals surface area contributed by atoms with E-state index in [9.17, 15) is 4.79 Å². The second-order valence-corrected chi connectivity index (χ2v) is 6.21. The number of methoxy groups -OCH3 is 1. The zero-order valence-electron chi connectivity index (χ0n) is 13.3. The number of ether oxygens (including phenoxy) is 2. The van der Waals surface area contributed by atoms with Crippen molar-refractivity contribution in [1.29, 1.82) is 0 Å². The average Bonchev–Trinajstić information content (AvgIpc) is 2.84. The van der Waals surface area contributed by atoms with Gasteiger partial charge in [0.1, 0.15) is 5.75 Å². The van der Waals surface area contributed by atoms with Crippen LogP contribution in [0.4, 0.5) is 0 Å². The van der Waals surface area contributed by atoms with E-state index in [-0.39, 0.29) is 11.6 Å². The topological polar surface area (TPSA) is 38.8 Å². The van der Waals surface area contributed by atoms with Gasteiger partial charge in [-0.3, -0.25) is 0 Å². The highest BCUT2D eigenvalue weighted by molar-refractivity contribution is 5.86. The molecular formula is C18H23NO3. The summed E-state index contributed by atoms with van der Waals surface area (Å²) in [7, 11) is 3.70. The summed E-state index contributed by atoms with van der Waals surface area (Å²) in [5.74, 6) is 0.659. The number of carbonyl (C=O) groups is 1. The molecule has 0 saturated heterocycles. The molecule has 1 aromatic rings. The zero-order chi connectivity index (χ0) is 15.6. The van der Waals surface area contributed by atoms with Crippen LogP contribution in [0.25, 0.3) is 0 Å². The van der Waals surface area contributed by atoms with Gasteiger partial charge < -0.3 is 14.4 Å². The Morgan fingerprint density at radius 1 is 1.18 bits per heavy atom. The van der Waals surface area contributed by atoms with Crippen molar-refractivity contribution in [3.05, 3.63) is 41.6 Å². The van der Waals surface area contributed by atoms with E-state index >= 15 is 0 Å². The molecular weight excluding hydrogens is 278 g/mol. The Balaban J connectivity index is 1.76. The number of hydrogen-bond acceptors (Lipinski definition) is 4. The summed E-state index contributed by atoms with van der Waals surface area (Å²) in [6, 6.07) is 8.04. The largest absolute Gasteiger partial charge is 0.497 e. The minimum absolute atomic E-state index is 0.196. The van der Waals surface area contributed by atoms with Crippen LogP contribution in [-0.2, 0) is 16.1 Å². The van der Waals surface area contributed by atoms with Crippen molar-refractivity contribution in [1.82, 2.24) is 4.90 Å². The van der Waals surface area contributed by atoms with Crippen LogP contribution in [0.15, 0.2) is 36.0 Å². The van der Waals surface area contributed by atoms with Gasteiger partial charge in [0.05, 0.1) is 12.8 Å². The second-order valence-electron chi connectivity index (χ2n) is 6.21. The summed E-state index contributed by atoms with van der Waals surface area (Å²) >= 11 is 0. The lowest BCUT2D eigenvalue weighted by molar-refractivity contribution is -0.149. The van der Waals surface area contributed by atoms with Crippen LogP contribution in [-0.4, -0.2) is 30.6 Å². The van der Waals surface area contributed by atoms with Gasteiger partial charge in [0, 0.05) is 19.7 Å². The first-order valence-corrected chi connectivity index (χ1v) is 7.92. The Bertz CT molecular complexity index is 570. The Kier molecular flexibility index (Phi) is 4.10. The lowest BCUT2D eigenvalue weighted by Crippen LogP contribution is -2.40. The molecule has 1 aromatic carbocycles. The van der Waals surface area contributed by atoms with E-state index in [1.165, 1.54) is 12.0 Å². The van der Waals surface area contributed by atoms with Gasteiger partial charge in [-0.2, -0.15) is 0 Å². The van der Waals surface area contributed by atoms with Gasteiger partial charge in [0.25, 0.3) is 0 Å². The van der Waals surface area contributed by atoms with E-state index in [1.807, 2.05) is 19.2 Å². The van der Waals surface area contributed by atoms with Crippen molar-refractivity contribution in [2.75, 3.05) is 14.2 Å². The Morgan fingerprint density at radius 2 is 1.86 bits per heavy atom. The molecule has 0 aromatic heterocycles. The average molecular weight is 301 g/mol. The molecule has 0 radical (unpaired) electrons. The summed E-state index contributed by atoms with van der Waals surface area (Å²) in [5, 5.41) is 0. The summed E-state index contributed by atoms with van der Waals surface area (Å²) in [5.41, 5.74) is 1.85. The van der Waals surface area contributed by atoms with E-state index in [0.717, 1.165) is 43.7 Å². The molecule has 1 saturated carbocycles. The maximum atomic E-state index is 11.8. The fraction of sp³-hybridized carbons (Fsp3) is 0.500. The molecule has 1 heterocycles. The molecule has 22 heavy (non-hydrogen) atoms. The monoisotopic (exact) mass is 301 g/mol. The van der Waals surface area contributed by atoms with Gasteiger partial charge in [-0.1, -0.05) is 18.6 Å². The van der Waals surface area contributed by atoms with Crippen molar-refractivity contribution >= 4 is 5.97 Å². The highest BCUT2D eigenvalue weighted by atomic mass is 16.6. The summed E-state index contributed by atoms with van der Waals surface area (Å²) in [6.45, 7) is 0.758. The minimum Gasteiger partial charge on any atom is -0.497 e. The predicted octanol–water partition coefficient (Wildman–Crippen LogP) is 3.27. The molecule has 2 aliphatic rings. The lowest BCUT2D eigenvalue weighted by Gasteiger charge is -2.38. The van der Waals surface area contributed by atoms with E-state index in [2.05, 4.69) is 17.0 Å². The lowest BCUT2D eigenvalue weighted by atomic mass is 9.82. The van der Waals surface area contributed by atoms with Crippen molar-refractivity contribution in [3.8, 4) is 5.75 Å². The normalized spacial score (nSPS) is 19.7. The van der Waals surface area contributed by atoms with E-state index in [4.69, 9.17) is 9.47 Å². The van der Waals surface area contributed by atoms with Gasteiger partial charge in [0.15, 0.2) is 5.60 Å². The summed E-state index contributed by atoms with van der Waals surface area (Å²) in [4.78, 5) is 14.0. The van der Waals surface area contributed by atoms with E-state index in [1.54, 1.807) is 13.2 Å². The van der Waals surface area contributed by atoms with Crippen LogP contribution in [0.5, 0.6) is 5.75 Å². The number of benzene rings is 1. The molecule has 0 unspecified atom stereocenters. The first-order chi connectivity index (χ1) is 10.6. The van der Waals surface area contributed by atoms with Gasteiger partial charge in [-0.15, -0.1) is 0 Å². The third kappa shape index (κ3) is 2.82. The SMILES string of the molecule is COc1ccc(CN(C)C2=CC(=O)OC23CCCCC3)cc1. The smallest absolute Gasteiger partial charge is 0.333 e. The van der Waals surface area contributed by atoms with Crippen LogP contribution in [0.1, 0.15) is 37.7 Å². The molecule has 4 nitrogen and oxygen atoms in total. The van der Waals surface area contributed by atoms with Crippen molar-refractivity contribution < 1.29 is 14.3 Å². The number of nitrogens with zero attached hydrogens (tertiary/aromatic N) is 1. The highest BCUT2D eigenvalue weighted by Gasteiger charge is 2.45. The first kappa shape index (κ1) is 14.9. The Hall–Kier alpha value is -1.97. The van der Waals surface area contributed by atoms with Crippen LogP contribution < -0.4 is 4.74 Å². The van der Waals surface area contributed by atoms with Gasteiger partial charge >= 0.3 is 5.97 Å². The maximum Gasteiger partial charge on any atom is 0.333 e. The van der Waals surface area contributed by atoms with Gasteiger partial charge in [0.2, 0.25) is 0 Å². The highest BCUT2D eigenvalue weighted by Crippen LogP contribution is 2.42. The first-order valence-electron chi connectivity index (χ1n) is 7.92. The Labute approximate surface area is 131 Å². The minimum atomic E-state index is -0.378. The third-order valence-corrected chi connectivity index (χ3v) is 4.67.